The van der Waals surface area contributed by atoms with Crippen LogP contribution in [0.15, 0.2) is 12.3 Å². The minimum Gasteiger partial charge on any atom is -0.307 e. The van der Waals surface area contributed by atoms with Crippen LogP contribution >= 0.6 is 0 Å². The summed E-state index contributed by atoms with van der Waals surface area (Å²) >= 11 is 0. The lowest BCUT2D eigenvalue weighted by Crippen LogP contribution is -2.32. The van der Waals surface area contributed by atoms with Crippen LogP contribution in [0.25, 0.3) is 0 Å². The van der Waals surface area contributed by atoms with Crippen LogP contribution in [-0.4, -0.2) is 41.5 Å². The van der Waals surface area contributed by atoms with Crippen LogP contribution in [-0.2, 0) is 0 Å². The number of aromatic nitrogens is 2. The molecule has 2 aliphatic heterocycles. The molecule has 0 aromatic carbocycles. The second-order valence-electron chi connectivity index (χ2n) is 5.94. The number of likely N-dealkylation sites (N-methyl/N-ethyl adjacent to an activating group) is 1. The molecule has 0 saturated carbocycles. The van der Waals surface area contributed by atoms with Gasteiger partial charge < -0.3 is 10.2 Å². The van der Waals surface area contributed by atoms with Crippen molar-refractivity contribution >= 4 is 0 Å². The molecule has 104 valence electrons. The normalized spacial score (nSPS) is 29.3. The van der Waals surface area contributed by atoms with Crippen molar-refractivity contribution in [3.8, 4) is 0 Å². The van der Waals surface area contributed by atoms with Crippen LogP contribution in [0.5, 0.6) is 0 Å². The van der Waals surface area contributed by atoms with E-state index in [2.05, 4.69) is 28.3 Å². The van der Waals surface area contributed by atoms with E-state index < -0.39 is 0 Å². The Labute approximate surface area is 115 Å². The Morgan fingerprint density at radius 3 is 3.00 bits per heavy atom. The number of nitrogens with one attached hydrogen (secondary N) is 1. The number of piperidine rings is 2. The summed E-state index contributed by atoms with van der Waals surface area (Å²) in [6.07, 6.45) is 8.23. The number of rotatable bonds is 2. The SMILES string of the molecule is CN1CCCC(c2ccnc(C3CCCCN3)n2)C1. The minimum absolute atomic E-state index is 0.370. The van der Waals surface area contributed by atoms with Crippen LogP contribution < -0.4 is 5.32 Å². The lowest BCUT2D eigenvalue weighted by atomic mass is 9.94. The fraction of sp³-hybridized carbons (Fsp3) is 0.733. The molecule has 19 heavy (non-hydrogen) atoms. The highest BCUT2D eigenvalue weighted by Gasteiger charge is 2.22. The molecule has 1 aromatic rings. The molecule has 0 aliphatic carbocycles. The van der Waals surface area contributed by atoms with E-state index in [1.54, 1.807) is 0 Å². The smallest absolute Gasteiger partial charge is 0.145 e. The molecular weight excluding hydrogens is 236 g/mol. The van der Waals surface area contributed by atoms with E-state index in [1.165, 1.54) is 44.3 Å². The monoisotopic (exact) mass is 260 g/mol. The Bertz CT molecular complexity index is 414. The maximum absolute atomic E-state index is 4.85. The van der Waals surface area contributed by atoms with Gasteiger partial charge in [-0.25, -0.2) is 9.97 Å². The predicted molar refractivity (Wildman–Crippen MR) is 76.1 cm³/mol. The third kappa shape index (κ3) is 3.12. The lowest BCUT2D eigenvalue weighted by molar-refractivity contribution is 0.248. The first-order valence-corrected chi connectivity index (χ1v) is 7.58. The Morgan fingerprint density at radius 2 is 2.21 bits per heavy atom. The van der Waals surface area contributed by atoms with E-state index in [-0.39, 0.29) is 0 Å². The Balaban J connectivity index is 1.75. The topological polar surface area (TPSA) is 41.1 Å². The van der Waals surface area contributed by atoms with Crippen molar-refractivity contribution < 1.29 is 0 Å². The van der Waals surface area contributed by atoms with Gasteiger partial charge in [0.1, 0.15) is 5.82 Å². The molecule has 2 atom stereocenters. The number of hydrogen-bond acceptors (Lipinski definition) is 4. The van der Waals surface area contributed by atoms with Gasteiger partial charge in [0.05, 0.1) is 6.04 Å². The molecule has 0 radical (unpaired) electrons. The lowest BCUT2D eigenvalue weighted by Gasteiger charge is -2.30. The van der Waals surface area contributed by atoms with Gasteiger partial charge >= 0.3 is 0 Å². The first-order valence-electron chi connectivity index (χ1n) is 7.58. The second kappa shape index (κ2) is 5.97. The Kier molecular flexibility index (Phi) is 4.09. The summed E-state index contributed by atoms with van der Waals surface area (Å²) in [5.74, 6) is 1.59. The van der Waals surface area contributed by atoms with Crippen molar-refractivity contribution in [2.75, 3.05) is 26.7 Å². The molecule has 2 aliphatic rings. The van der Waals surface area contributed by atoms with Crippen molar-refractivity contribution in [1.82, 2.24) is 20.2 Å². The van der Waals surface area contributed by atoms with Crippen LogP contribution in [0, 0.1) is 0 Å². The van der Waals surface area contributed by atoms with Crippen molar-refractivity contribution in [3.05, 3.63) is 23.8 Å². The maximum atomic E-state index is 4.85. The van der Waals surface area contributed by atoms with E-state index in [4.69, 9.17) is 4.98 Å². The first-order chi connectivity index (χ1) is 9.33. The fourth-order valence-corrected chi connectivity index (χ4v) is 3.26. The highest BCUT2D eigenvalue weighted by molar-refractivity contribution is 5.12. The quantitative estimate of drug-likeness (QED) is 0.884. The molecule has 2 saturated heterocycles. The van der Waals surface area contributed by atoms with Gasteiger partial charge in [0, 0.05) is 24.4 Å². The highest BCUT2D eigenvalue weighted by Crippen LogP contribution is 2.26. The van der Waals surface area contributed by atoms with Gasteiger partial charge in [-0.2, -0.15) is 0 Å². The maximum Gasteiger partial charge on any atom is 0.145 e. The van der Waals surface area contributed by atoms with Gasteiger partial charge in [-0.3, -0.25) is 0 Å². The molecule has 2 fully saturated rings. The van der Waals surface area contributed by atoms with Crippen molar-refractivity contribution in [1.29, 1.82) is 0 Å². The van der Waals surface area contributed by atoms with Gasteiger partial charge in [0.15, 0.2) is 0 Å². The predicted octanol–water partition coefficient (Wildman–Crippen LogP) is 2.10. The summed E-state index contributed by atoms with van der Waals surface area (Å²) in [5, 5.41) is 3.54. The van der Waals surface area contributed by atoms with Gasteiger partial charge in [-0.1, -0.05) is 6.42 Å². The molecule has 4 heteroatoms. The summed E-state index contributed by atoms with van der Waals surface area (Å²) in [6, 6.07) is 2.48. The number of nitrogens with zero attached hydrogens (tertiary/aromatic N) is 3. The summed E-state index contributed by atoms with van der Waals surface area (Å²) in [6.45, 7) is 3.46. The number of hydrogen-bond donors (Lipinski definition) is 1. The van der Waals surface area contributed by atoms with Crippen LogP contribution in [0.2, 0.25) is 0 Å². The van der Waals surface area contributed by atoms with Crippen molar-refractivity contribution in [2.24, 2.45) is 0 Å². The minimum atomic E-state index is 0.370. The summed E-state index contributed by atoms with van der Waals surface area (Å²) in [5.41, 5.74) is 1.24. The molecule has 3 heterocycles. The average Bonchev–Trinajstić information content (AvgIpc) is 2.48. The average molecular weight is 260 g/mol. The van der Waals surface area contributed by atoms with Crippen molar-refractivity contribution in [3.63, 3.8) is 0 Å². The van der Waals surface area contributed by atoms with Gasteiger partial charge in [-0.05, 0) is 51.9 Å². The van der Waals surface area contributed by atoms with E-state index in [0.29, 0.717) is 12.0 Å². The first kappa shape index (κ1) is 13.0. The second-order valence-corrected chi connectivity index (χ2v) is 5.94. The zero-order valence-electron chi connectivity index (χ0n) is 11.8. The van der Waals surface area contributed by atoms with E-state index in [1.807, 2.05) is 6.20 Å². The van der Waals surface area contributed by atoms with E-state index in [0.717, 1.165) is 18.9 Å². The number of likely N-dealkylation sites (tertiary alicyclic amines) is 1. The molecule has 1 aromatic heterocycles. The molecular formula is C15H24N4. The Morgan fingerprint density at radius 1 is 1.26 bits per heavy atom. The molecule has 4 nitrogen and oxygen atoms in total. The van der Waals surface area contributed by atoms with Crippen molar-refractivity contribution in [2.45, 2.75) is 44.1 Å². The Hall–Kier alpha value is -1.00. The molecule has 0 bridgehead atoms. The standard InChI is InChI=1S/C15H24N4/c1-19-10-4-5-12(11-19)13-7-9-17-15(18-13)14-6-2-3-8-16-14/h7,9,12,14,16H,2-6,8,10-11H2,1H3. The van der Waals surface area contributed by atoms with E-state index >= 15 is 0 Å². The highest BCUT2D eigenvalue weighted by atomic mass is 15.1. The zero-order chi connectivity index (χ0) is 13.1. The van der Waals surface area contributed by atoms with Crippen LogP contribution in [0.1, 0.15) is 55.6 Å². The zero-order valence-corrected chi connectivity index (χ0v) is 11.8. The third-order valence-corrected chi connectivity index (χ3v) is 4.36. The molecule has 1 N–H and O–H groups in total. The van der Waals surface area contributed by atoms with E-state index in [9.17, 15) is 0 Å². The summed E-state index contributed by atoms with van der Waals surface area (Å²) in [4.78, 5) is 11.8. The molecule has 0 amide bonds. The molecule has 2 unspecified atom stereocenters. The fourth-order valence-electron chi connectivity index (χ4n) is 3.26. The third-order valence-electron chi connectivity index (χ3n) is 4.36. The van der Waals surface area contributed by atoms with Gasteiger partial charge in [0.2, 0.25) is 0 Å². The van der Waals surface area contributed by atoms with Gasteiger partial charge in [-0.15, -0.1) is 0 Å². The summed E-state index contributed by atoms with van der Waals surface area (Å²) < 4.78 is 0. The molecule has 0 spiro atoms. The largest absolute Gasteiger partial charge is 0.307 e. The van der Waals surface area contributed by atoms with Crippen LogP contribution in [0.4, 0.5) is 0 Å². The van der Waals surface area contributed by atoms with Crippen LogP contribution in [0.3, 0.4) is 0 Å². The van der Waals surface area contributed by atoms with Gasteiger partial charge in [0.25, 0.3) is 0 Å². The summed E-state index contributed by atoms with van der Waals surface area (Å²) in [7, 11) is 2.21. The molecule has 3 rings (SSSR count).